The molecule has 0 aromatic heterocycles. The average Bonchev–Trinajstić information content (AvgIpc) is 2.16. The van der Waals surface area contributed by atoms with Gasteiger partial charge in [-0.2, -0.15) is 0 Å². The number of carbonyl (C=O) groups is 1. The van der Waals surface area contributed by atoms with E-state index in [9.17, 15) is 4.79 Å². The summed E-state index contributed by atoms with van der Waals surface area (Å²) >= 11 is 0. The van der Waals surface area contributed by atoms with Gasteiger partial charge in [-0.15, -0.1) is 12.4 Å². The van der Waals surface area contributed by atoms with Crippen LogP contribution in [-0.2, 0) is 0 Å². The lowest BCUT2D eigenvalue weighted by Gasteiger charge is -2.05. The first-order valence-electron chi connectivity index (χ1n) is 3.49. The van der Waals surface area contributed by atoms with Crippen LogP contribution in [0.3, 0.4) is 0 Å². The monoisotopic (exact) mass is 202 g/mol. The van der Waals surface area contributed by atoms with Crippen molar-refractivity contribution < 1.29 is 14.3 Å². The van der Waals surface area contributed by atoms with Gasteiger partial charge in [-0.05, 0) is 12.1 Å². The van der Waals surface area contributed by atoms with Gasteiger partial charge in [-0.3, -0.25) is 4.79 Å². The second kappa shape index (κ2) is 5.43. The van der Waals surface area contributed by atoms with Gasteiger partial charge in [0.05, 0.1) is 19.8 Å². The zero-order chi connectivity index (χ0) is 8.97. The first kappa shape index (κ1) is 11.8. The minimum absolute atomic E-state index is 0. The summed E-state index contributed by atoms with van der Waals surface area (Å²) in [6.07, 6.45) is 0.748. The molecule has 0 fully saturated rings. The van der Waals surface area contributed by atoms with Gasteiger partial charge < -0.3 is 9.47 Å². The first-order valence-corrected chi connectivity index (χ1v) is 3.49. The number of ether oxygens (including phenoxy) is 2. The third-order valence-electron chi connectivity index (χ3n) is 1.57. The van der Waals surface area contributed by atoms with Crippen molar-refractivity contribution in [3.8, 4) is 11.5 Å². The Labute approximate surface area is 83.1 Å². The standard InChI is InChI=1S/C9H10O3.ClH/c1-11-8-4-3-7(6-10)9(5-8)12-2;/h3-6H,1-2H3;1H. The predicted octanol–water partition coefficient (Wildman–Crippen LogP) is 1.94. The van der Waals surface area contributed by atoms with E-state index in [1.165, 1.54) is 7.11 Å². The number of carbonyl (C=O) groups excluding carboxylic acids is 1. The van der Waals surface area contributed by atoms with E-state index in [4.69, 9.17) is 9.47 Å². The molecular formula is C9H11ClO3. The summed E-state index contributed by atoms with van der Waals surface area (Å²) in [4.78, 5) is 10.5. The molecule has 0 aliphatic carbocycles. The Morgan fingerprint density at radius 2 is 1.92 bits per heavy atom. The van der Waals surface area contributed by atoms with E-state index in [1.54, 1.807) is 25.3 Å². The minimum Gasteiger partial charge on any atom is -0.497 e. The molecule has 1 aromatic carbocycles. The zero-order valence-electron chi connectivity index (χ0n) is 7.44. The lowest BCUT2D eigenvalue weighted by molar-refractivity contribution is 0.112. The number of methoxy groups -OCH3 is 2. The van der Waals surface area contributed by atoms with Crippen LogP contribution in [0.4, 0.5) is 0 Å². The van der Waals surface area contributed by atoms with Crippen molar-refractivity contribution in [2.24, 2.45) is 0 Å². The maximum atomic E-state index is 10.5. The molecule has 0 spiro atoms. The SMILES string of the molecule is COc1ccc(C=O)c(OC)c1.Cl. The van der Waals surface area contributed by atoms with E-state index in [2.05, 4.69) is 0 Å². The van der Waals surface area contributed by atoms with Gasteiger partial charge in [0, 0.05) is 6.07 Å². The van der Waals surface area contributed by atoms with Crippen LogP contribution in [0.25, 0.3) is 0 Å². The molecule has 3 nitrogen and oxygen atoms in total. The van der Waals surface area contributed by atoms with Crippen molar-refractivity contribution in [2.75, 3.05) is 14.2 Å². The number of halogens is 1. The van der Waals surface area contributed by atoms with Crippen molar-refractivity contribution in [1.82, 2.24) is 0 Å². The molecular weight excluding hydrogens is 192 g/mol. The fourth-order valence-corrected chi connectivity index (χ4v) is 0.916. The lowest BCUT2D eigenvalue weighted by atomic mass is 10.2. The molecule has 0 saturated heterocycles. The summed E-state index contributed by atoms with van der Waals surface area (Å²) in [6, 6.07) is 5.04. The molecule has 72 valence electrons. The summed E-state index contributed by atoms with van der Waals surface area (Å²) < 4.78 is 9.93. The Hall–Kier alpha value is -1.22. The van der Waals surface area contributed by atoms with Crippen LogP contribution < -0.4 is 9.47 Å². The normalized spacial score (nSPS) is 8.46. The summed E-state index contributed by atoms with van der Waals surface area (Å²) in [5.41, 5.74) is 0.526. The molecule has 0 atom stereocenters. The minimum atomic E-state index is 0. The summed E-state index contributed by atoms with van der Waals surface area (Å²) in [6.45, 7) is 0. The molecule has 0 unspecified atom stereocenters. The smallest absolute Gasteiger partial charge is 0.153 e. The van der Waals surface area contributed by atoms with E-state index in [-0.39, 0.29) is 12.4 Å². The molecule has 0 radical (unpaired) electrons. The van der Waals surface area contributed by atoms with E-state index in [0.29, 0.717) is 17.1 Å². The Morgan fingerprint density at radius 3 is 2.38 bits per heavy atom. The van der Waals surface area contributed by atoms with Crippen molar-refractivity contribution in [2.45, 2.75) is 0 Å². The average molecular weight is 203 g/mol. The summed E-state index contributed by atoms with van der Waals surface area (Å²) in [5, 5.41) is 0. The molecule has 13 heavy (non-hydrogen) atoms. The van der Waals surface area contributed by atoms with Gasteiger partial charge in [0.1, 0.15) is 11.5 Å². The highest BCUT2D eigenvalue weighted by Gasteiger charge is 2.02. The molecule has 0 saturated carbocycles. The fourth-order valence-electron chi connectivity index (χ4n) is 0.916. The molecule has 0 aliphatic rings. The highest BCUT2D eigenvalue weighted by atomic mass is 35.5. The first-order chi connectivity index (χ1) is 5.81. The van der Waals surface area contributed by atoms with Crippen LogP contribution in [0.15, 0.2) is 18.2 Å². The van der Waals surface area contributed by atoms with Crippen LogP contribution in [-0.4, -0.2) is 20.5 Å². The van der Waals surface area contributed by atoms with Crippen molar-refractivity contribution in [3.63, 3.8) is 0 Å². The molecule has 4 heteroatoms. The fraction of sp³-hybridized carbons (Fsp3) is 0.222. The van der Waals surface area contributed by atoms with Gasteiger partial charge in [0.2, 0.25) is 0 Å². The molecule has 0 heterocycles. The zero-order valence-corrected chi connectivity index (χ0v) is 8.26. The number of hydrogen-bond donors (Lipinski definition) is 0. The number of aldehydes is 1. The van der Waals surface area contributed by atoms with E-state index < -0.39 is 0 Å². The van der Waals surface area contributed by atoms with Crippen molar-refractivity contribution >= 4 is 18.7 Å². The molecule has 1 rings (SSSR count). The van der Waals surface area contributed by atoms with Gasteiger partial charge in [0.25, 0.3) is 0 Å². The number of hydrogen-bond acceptors (Lipinski definition) is 3. The van der Waals surface area contributed by atoms with Gasteiger partial charge in [-0.25, -0.2) is 0 Å². The Balaban J connectivity index is 0.00000144. The number of benzene rings is 1. The largest absolute Gasteiger partial charge is 0.497 e. The number of rotatable bonds is 3. The second-order valence-electron chi connectivity index (χ2n) is 2.23. The Kier molecular flexibility index (Phi) is 4.92. The van der Waals surface area contributed by atoms with Gasteiger partial charge in [-0.1, -0.05) is 0 Å². The molecule has 0 N–H and O–H groups in total. The quantitative estimate of drug-likeness (QED) is 0.703. The second-order valence-corrected chi connectivity index (χ2v) is 2.23. The maximum absolute atomic E-state index is 10.5. The molecule has 0 bridgehead atoms. The Bertz CT molecular complexity index is 286. The van der Waals surface area contributed by atoms with Crippen molar-refractivity contribution in [1.29, 1.82) is 0 Å². The van der Waals surface area contributed by atoms with E-state index >= 15 is 0 Å². The van der Waals surface area contributed by atoms with Crippen LogP contribution in [0.5, 0.6) is 11.5 Å². The third-order valence-corrected chi connectivity index (χ3v) is 1.57. The predicted molar refractivity (Wildman–Crippen MR) is 52.2 cm³/mol. The van der Waals surface area contributed by atoms with E-state index in [1.807, 2.05) is 0 Å². The summed E-state index contributed by atoms with van der Waals surface area (Å²) in [5.74, 6) is 1.21. The highest BCUT2D eigenvalue weighted by molar-refractivity contribution is 5.85. The van der Waals surface area contributed by atoms with Crippen LogP contribution in [0.2, 0.25) is 0 Å². The van der Waals surface area contributed by atoms with Crippen LogP contribution in [0, 0.1) is 0 Å². The maximum Gasteiger partial charge on any atom is 0.153 e. The van der Waals surface area contributed by atoms with Crippen molar-refractivity contribution in [3.05, 3.63) is 23.8 Å². The topological polar surface area (TPSA) is 35.5 Å². The van der Waals surface area contributed by atoms with E-state index in [0.717, 1.165) is 6.29 Å². The lowest BCUT2D eigenvalue weighted by Crippen LogP contribution is -1.91. The summed E-state index contributed by atoms with van der Waals surface area (Å²) in [7, 11) is 3.08. The highest BCUT2D eigenvalue weighted by Crippen LogP contribution is 2.22. The van der Waals surface area contributed by atoms with Gasteiger partial charge >= 0.3 is 0 Å². The molecule has 1 aromatic rings. The van der Waals surface area contributed by atoms with Crippen LogP contribution >= 0.6 is 12.4 Å². The molecule has 0 aliphatic heterocycles. The van der Waals surface area contributed by atoms with Gasteiger partial charge in [0.15, 0.2) is 6.29 Å². The molecule has 0 amide bonds. The Morgan fingerprint density at radius 1 is 1.23 bits per heavy atom. The third kappa shape index (κ3) is 2.63. The van der Waals surface area contributed by atoms with Crippen LogP contribution in [0.1, 0.15) is 10.4 Å².